The van der Waals surface area contributed by atoms with Crippen LogP contribution < -0.4 is 4.90 Å². The first kappa shape index (κ1) is 26.1. The van der Waals surface area contributed by atoms with Crippen LogP contribution in [0.1, 0.15) is 30.4 Å². The Balaban J connectivity index is 1.01. The predicted octanol–water partition coefficient (Wildman–Crippen LogP) is 6.68. The number of benzene rings is 3. The Morgan fingerprint density at radius 2 is 1.26 bits per heavy atom. The molecule has 1 aromatic heterocycles. The fourth-order valence-corrected chi connectivity index (χ4v) is 6.80. The van der Waals surface area contributed by atoms with Crippen LogP contribution in [0, 0.1) is 11.6 Å². The lowest BCUT2D eigenvalue weighted by Crippen LogP contribution is -2.47. The first-order valence-electron chi connectivity index (χ1n) is 13.9. The van der Waals surface area contributed by atoms with Gasteiger partial charge in [-0.3, -0.25) is 4.90 Å². The van der Waals surface area contributed by atoms with Gasteiger partial charge in [0.25, 0.3) is 0 Å². The molecule has 3 heterocycles. The van der Waals surface area contributed by atoms with Crippen molar-refractivity contribution in [3.8, 4) is 0 Å². The molecular weight excluding hydrogens is 510 g/mol. The summed E-state index contributed by atoms with van der Waals surface area (Å²) in [6.45, 7) is 8.51. The maximum atomic E-state index is 13.6. The highest BCUT2D eigenvalue weighted by Crippen LogP contribution is 2.33. The summed E-state index contributed by atoms with van der Waals surface area (Å²) in [5.74, 6) is -0.481. The summed E-state index contributed by atoms with van der Waals surface area (Å²) in [7, 11) is 0. The Hall–Kier alpha value is -3.13. The van der Waals surface area contributed by atoms with E-state index in [2.05, 4.69) is 39.0 Å². The molecule has 2 aliphatic heterocycles. The lowest BCUT2D eigenvalue weighted by molar-refractivity contribution is 0.212. The van der Waals surface area contributed by atoms with Crippen LogP contribution in [0.3, 0.4) is 0 Å². The zero-order chi connectivity index (χ0) is 26.6. The molecule has 2 aliphatic rings. The molecule has 2 saturated heterocycles. The second-order valence-corrected chi connectivity index (χ2v) is 11.5. The predicted molar refractivity (Wildman–Crippen MR) is 157 cm³/mol. The van der Waals surface area contributed by atoms with Gasteiger partial charge in [0.1, 0.15) is 11.6 Å². The molecule has 0 radical (unpaired) electrons. The van der Waals surface area contributed by atoms with E-state index in [-0.39, 0.29) is 11.6 Å². The van der Waals surface area contributed by atoms with Crippen LogP contribution in [0.2, 0.25) is 0 Å². The van der Waals surface area contributed by atoms with E-state index in [0.717, 1.165) is 92.5 Å². The van der Waals surface area contributed by atoms with Crippen LogP contribution in [-0.4, -0.2) is 67.1 Å². The molecule has 7 heteroatoms. The summed E-state index contributed by atoms with van der Waals surface area (Å²) in [5.41, 5.74) is 5.59. The number of hydrogen-bond acceptors (Lipinski definition) is 5. The van der Waals surface area contributed by atoms with Crippen molar-refractivity contribution in [2.45, 2.75) is 19.3 Å². The number of aromatic nitrogens is 1. The highest BCUT2D eigenvalue weighted by molar-refractivity contribution is 7.22. The van der Waals surface area contributed by atoms with E-state index in [0.29, 0.717) is 0 Å². The van der Waals surface area contributed by atoms with Crippen LogP contribution in [0.25, 0.3) is 15.8 Å². The monoisotopic (exact) mass is 544 g/mol. The quantitative estimate of drug-likeness (QED) is 0.259. The van der Waals surface area contributed by atoms with Gasteiger partial charge in [-0.05, 0) is 85.5 Å². The van der Waals surface area contributed by atoms with Crippen molar-refractivity contribution in [1.82, 2.24) is 14.8 Å². The van der Waals surface area contributed by atoms with Crippen LogP contribution >= 0.6 is 11.3 Å². The van der Waals surface area contributed by atoms with Gasteiger partial charge in [-0.1, -0.05) is 53.3 Å². The molecule has 3 aromatic carbocycles. The van der Waals surface area contributed by atoms with E-state index in [1.807, 2.05) is 24.3 Å². The van der Waals surface area contributed by atoms with Crippen LogP contribution in [-0.2, 0) is 0 Å². The molecule has 0 spiro atoms. The SMILES string of the molecule is Fc1ccc(C(=C2CCN(CCCN3CCN(c4nc5ccccc5s4)CC3)CC2)c2ccc(F)cc2)cc1. The molecule has 0 N–H and O–H groups in total. The van der Waals surface area contributed by atoms with E-state index in [1.165, 1.54) is 41.0 Å². The molecule has 2 fully saturated rings. The van der Waals surface area contributed by atoms with Gasteiger partial charge in [-0.2, -0.15) is 0 Å². The summed E-state index contributed by atoms with van der Waals surface area (Å²) in [6.07, 6.45) is 3.12. The number of piperazine rings is 1. The van der Waals surface area contributed by atoms with Crippen molar-refractivity contribution in [2.24, 2.45) is 0 Å². The van der Waals surface area contributed by atoms with Gasteiger partial charge < -0.3 is 9.80 Å². The molecule has 4 nitrogen and oxygen atoms in total. The Labute approximate surface area is 233 Å². The number of likely N-dealkylation sites (tertiary alicyclic amines) is 1. The van der Waals surface area contributed by atoms with Crippen molar-refractivity contribution in [1.29, 1.82) is 0 Å². The molecule has 4 aromatic rings. The molecule has 0 bridgehead atoms. The highest BCUT2D eigenvalue weighted by Gasteiger charge is 2.22. The Morgan fingerprint density at radius 1 is 0.692 bits per heavy atom. The van der Waals surface area contributed by atoms with Crippen molar-refractivity contribution in [3.63, 3.8) is 0 Å². The third-order valence-corrected chi connectivity index (χ3v) is 9.05. The molecule has 39 heavy (non-hydrogen) atoms. The summed E-state index contributed by atoms with van der Waals surface area (Å²) in [5, 5.41) is 1.15. The van der Waals surface area contributed by atoms with E-state index in [1.54, 1.807) is 11.3 Å². The van der Waals surface area contributed by atoms with Crippen molar-refractivity contribution >= 4 is 32.3 Å². The van der Waals surface area contributed by atoms with Crippen LogP contribution in [0.5, 0.6) is 0 Å². The fraction of sp³-hybridized carbons (Fsp3) is 0.344. The van der Waals surface area contributed by atoms with Gasteiger partial charge in [0, 0.05) is 39.3 Å². The standard InChI is InChI=1S/C32H34F2N4S/c33-27-10-6-24(7-11-27)31(25-8-12-28(34)13-9-25)26-14-18-36(19-15-26)16-3-17-37-20-22-38(23-21-37)32-35-29-4-1-2-5-30(29)39-32/h1-2,4-13H,3,14-23H2. The Morgan fingerprint density at radius 3 is 1.85 bits per heavy atom. The molecule has 202 valence electrons. The molecule has 0 atom stereocenters. The van der Waals surface area contributed by atoms with Crippen molar-refractivity contribution < 1.29 is 8.78 Å². The van der Waals surface area contributed by atoms with Crippen LogP contribution in [0.15, 0.2) is 78.4 Å². The zero-order valence-corrected chi connectivity index (χ0v) is 23.0. The molecule has 0 amide bonds. The first-order valence-corrected chi connectivity index (χ1v) is 14.7. The van der Waals surface area contributed by atoms with Gasteiger partial charge in [0.2, 0.25) is 0 Å². The smallest absolute Gasteiger partial charge is 0.186 e. The number of nitrogens with zero attached hydrogens (tertiary/aromatic N) is 4. The van der Waals surface area contributed by atoms with Crippen molar-refractivity contribution in [3.05, 3.63) is 101 Å². The lowest BCUT2D eigenvalue weighted by Gasteiger charge is -2.35. The number of halogens is 2. The number of piperidine rings is 1. The maximum Gasteiger partial charge on any atom is 0.186 e. The number of rotatable bonds is 7. The molecular formula is C32H34F2N4S. The molecule has 0 saturated carbocycles. The van der Waals surface area contributed by atoms with Gasteiger partial charge in [0.15, 0.2) is 5.13 Å². The van der Waals surface area contributed by atoms with E-state index < -0.39 is 0 Å². The molecule has 0 unspecified atom stereocenters. The second kappa shape index (κ2) is 11.9. The van der Waals surface area contributed by atoms with E-state index in [4.69, 9.17) is 4.98 Å². The maximum absolute atomic E-state index is 13.6. The zero-order valence-electron chi connectivity index (χ0n) is 22.2. The van der Waals surface area contributed by atoms with Gasteiger partial charge in [-0.15, -0.1) is 0 Å². The normalized spacial score (nSPS) is 17.2. The summed E-state index contributed by atoms with van der Waals surface area (Å²) < 4.78 is 28.5. The van der Waals surface area contributed by atoms with Gasteiger partial charge >= 0.3 is 0 Å². The molecule has 0 aliphatic carbocycles. The summed E-state index contributed by atoms with van der Waals surface area (Å²) in [4.78, 5) is 12.4. The number of para-hydroxylation sites is 1. The average molecular weight is 545 g/mol. The van der Waals surface area contributed by atoms with Crippen molar-refractivity contribution in [2.75, 3.05) is 57.3 Å². The Kier molecular flexibility index (Phi) is 8.00. The number of hydrogen-bond donors (Lipinski definition) is 0. The number of thiazole rings is 1. The molecule has 6 rings (SSSR count). The van der Waals surface area contributed by atoms with Gasteiger partial charge in [-0.25, -0.2) is 13.8 Å². The summed E-state index contributed by atoms with van der Waals surface area (Å²) in [6, 6.07) is 21.8. The second-order valence-electron chi connectivity index (χ2n) is 10.5. The fourth-order valence-electron chi connectivity index (χ4n) is 5.78. The lowest BCUT2D eigenvalue weighted by atomic mass is 9.88. The summed E-state index contributed by atoms with van der Waals surface area (Å²) >= 11 is 1.79. The highest BCUT2D eigenvalue weighted by atomic mass is 32.1. The number of fused-ring (bicyclic) bond motifs is 1. The van der Waals surface area contributed by atoms with E-state index >= 15 is 0 Å². The third kappa shape index (κ3) is 6.21. The Bertz CT molecular complexity index is 1330. The number of anilines is 1. The van der Waals surface area contributed by atoms with Crippen LogP contribution in [0.4, 0.5) is 13.9 Å². The minimum atomic E-state index is -0.241. The van der Waals surface area contributed by atoms with E-state index in [9.17, 15) is 8.78 Å². The average Bonchev–Trinajstić information content (AvgIpc) is 3.41. The minimum Gasteiger partial charge on any atom is -0.345 e. The largest absolute Gasteiger partial charge is 0.345 e. The third-order valence-electron chi connectivity index (χ3n) is 7.95. The minimum absolute atomic E-state index is 0.241. The topological polar surface area (TPSA) is 22.6 Å². The first-order chi connectivity index (χ1) is 19.1. The van der Waals surface area contributed by atoms with Gasteiger partial charge in [0.05, 0.1) is 10.2 Å².